The molecule has 154 valence electrons. The number of hydrogen-bond acceptors (Lipinski definition) is 3. The highest BCUT2D eigenvalue weighted by Crippen LogP contribution is 2.38. The Morgan fingerprint density at radius 1 is 1.14 bits per heavy atom. The fraction of sp³-hybridized carbons (Fsp3) is 0.435. The average Bonchev–Trinajstić information content (AvgIpc) is 3.36. The van der Waals surface area contributed by atoms with Crippen molar-refractivity contribution in [3.05, 3.63) is 62.6 Å². The molecule has 2 atom stereocenters. The maximum absolute atomic E-state index is 12.9. The summed E-state index contributed by atoms with van der Waals surface area (Å²) in [6.45, 7) is 0. The Kier molecular flexibility index (Phi) is 6.23. The van der Waals surface area contributed by atoms with Crippen molar-refractivity contribution in [1.29, 1.82) is 0 Å². The SMILES string of the molecule is COC(O)C(Cc1cccc(Br)c1)NC(=O)Nc1c2c(cc3c1CCC3)CCC2. The largest absolute Gasteiger partial charge is 0.366 e. The topological polar surface area (TPSA) is 70.6 Å². The predicted octanol–water partition coefficient (Wildman–Crippen LogP) is 4.12. The molecule has 0 radical (unpaired) electrons. The molecule has 2 amide bonds. The maximum Gasteiger partial charge on any atom is 0.319 e. The van der Waals surface area contributed by atoms with Crippen LogP contribution in [0.1, 0.15) is 40.7 Å². The third-order valence-corrected chi connectivity index (χ3v) is 6.45. The lowest BCUT2D eigenvalue weighted by Gasteiger charge is -2.24. The van der Waals surface area contributed by atoms with Crippen LogP contribution in [0.25, 0.3) is 0 Å². The summed E-state index contributed by atoms with van der Waals surface area (Å²) in [5.74, 6) is 0. The lowest BCUT2D eigenvalue weighted by molar-refractivity contribution is -0.0939. The van der Waals surface area contributed by atoms with Gasteiger partial charge >= 0.3 is 6.03 Å². The maximum atomic E-state index is 12.9. The summed E-state index contributed by atoms with van der Waals surface area (Å²) < 4.78 is 6.07. The number of rotatable bonds is 6. The van der Waals surface area contributed by atoms with Crippen LogP contribution in [-0.4, -0.2) is 30.6 Å². The van der Waals surface area contributed by atoms with Gasteiger partial charge in [-0.05, 0) is 84.9 Å². The van der Waals surface area contributed by atoms with Crippen LogP contribution in [0, 0.1) is 0 Å². The molecule has 0 bridgehead atoms. The highest BCUT2D eigenvalue weighted by Gasteiger charge is 2.27. The van der Waals surface area contributed by atoms with Gasteiger partial charge in [-0.2, -0.15) is 0 Å². The van der Waals surface area contributed by atoms with Crippen molar-refractivity contribution in [3.63, 3.8) is 0 Å². The van der Waals surface area contributed by atoms with E-state index < -0.39 is 12.3 Å². The molecule has 0 fully saturated rings. The Balaban J connectivity index is 1.52. The van der Waals surface area contributed by atoms with E-state index in [0.717, 1.165) is 54.2 Å². The molecule has 0 saturated carbocycles. The number of nitrogens with one attached hydrogen (secondary N) is 2. The number of halogens is 1. The predicted molar refractivity (Wildman–Crippen MR) is 117 cm³/mol. The van der Waals surface area contributed by atoms with Crippen LogP contribution in [0.15, 0.2) is 34.8 Å². The number of aliphatic hydroxyl groups excluding tert-OH is 1. The first-order chi connectivity index (χ1) is 14.0. The van der Waals surface area contributed by atoms with Crippen LogP contribution in [0.5, 0.6) is 0 Å². The van der Waals surface area contributed by atoms with Gasteiger partial charge in [0.25, 0.3) is 0 Å². The second-order valence-electron chi connectivity index (χ2n) is 7.90. The van der Waals surface area contributed by atoms with Crippen LogP contribution < -0.4 is 10.6 Å². The molecule has 2 aliphatic carbocycles. The molecule has 6 heteroatoms. The van der Waals surface area contributed by atoms with Crippen LogP contribution in [-0.2, 0) is 36.8 Å². The van der Waals surface area contributed by atoms with E-state index in [1.54, 1.807) is 0 Å². The van der Waals surface area contributed by atoms with Crippen molar-refractivity contribution in [3.8, 4) is 0 Å². The first-order valence-corrected chi connectivity index (χ1v) is 11.0. The zero-order valence-corrected chi connectivity index (χ0v) is 18.2. The summed E-state index contributed by atoms with van der Waals surface area (Å²) in [5, 5.41) is 16.3. The molecule has 2 aromatic carbocycles. The Morgan fingerprint density at radius 3 is 2.45 bits per heavy atom. The molecule has 4 rings (SSSR count). The number of carbonyl (C=O) groups excluding carboxylic acids is 1. The molecular formula is C23H27BrN2O3. The van der Waals surface area contributed by atoms with Gasteiger partial charge in [-0.15, -0.1) is 0 Å². The number of anilines is 1. The minimum absolute atomic E-state index is 0.296. The number of urea groups is 1. The Morgan fingerprint density at radius 2 is 1.83 bits per heavy atom. The van der Waals surface area contributed by atoms with Gasteiger partial charge in [0.1, 0.15) is 0 Å². The molecule has 3 N–H and O–H groups in total. The molecule has 0 heterocycles. The van der Waals surface area contributed by atoms with E-state index in [4.69, 9.17) is 4.74 Å². The van der Waals surface area contributed by atoms with Crippen molar-refractivity contribution in [1.82, 2.24) is 5.32 Å². The summed E-state index contributed by atoms with van der Waals surface area (Å²) in [4.78, 5) is 12.9. The van der Waals surface area contributed by atoms with Gasteiger partial charge in [-0.25, -0.2) is 4.79 Å². The smallest absolute Gasteiger partial charge is 0.319 e. The molecule has 2 aromatic rings. The highest BCUT2D eigenvalue weighted by atomic mass is 79.9. The molecule has 0 spiro atoms. The van der Waals surface area contributed by atoms with E-state index >= 15 is 0 Å². The lowest BCUT2D eigenvalue weighted by atomic mass is 9.99. The second-order valence-corrected chi connectivity index (χ2v) is 8.81. The van der Waals surface area contributed by atoms with E-state index in [0.29, 0.717) is 6.42 Å². The number of ether oxygens (including phenoxy) is 1. The van der Waals surface area contributed by atoms with Gasteiger partial charge in [0.15, 0.2) is 6.29 Å². The normalized spacial score (nSPS) is 16.8. The van der Waals surface area contributed by atoms with E-state index in [9.17, 15) is 9.90 Å². The van der Waals surface area contributed by atoms with Crippen LogP contribution in [0.2, 0.25) is 0 Å². The summed E-state index contributed by atoms with van der Waals surface area (Å²) in [5.41, 5.74) is 7.33. The fourth-order valence-electron chi connectivity index (χ4n) is 4.59. The Hall–Kier alpha value is -1.89. The molecule has 2 aliphatic rings. The van der Waals surface area contributed by atoms with Gasteiger partial charge in [-0.3, -0.25) is 0 Å². The second kappa shape index (κ2) is 8.86. The van der Waals surface area contributed by atoms with Gasteiger partial charge < -0.3 is 20.5 Å². The number of fused-ring (bicyclic) bond motifs is 2. The van der Waals surface area contributed by atoms with E-state index in [2.05, 4.69) is 32.6 Å². The van der Waals surface area contributed by atoms with Gasteiger partial charge in [-0.1, -0.05) is 34.1 Å². The first kappa shape index (κ1) is 20.4. The molecule has 0 aliphatic heterocycles. The summed E-state index contributed by atoms with van der Waals surface area (Å²) in [6, 6.07) is 9.32. The third-order valence-electron chi connectivity index (χ3n) is 5.96. The fourth-order valence-corrected chi connectivity index (χ4v) is 5.04. The quantitative estimate of drug-likeness (QED) is 0.570. The van der Waals surface area contributed by atoms with Gasteiger partial charge in [0.05, 0.1) is 6.04 Å². The number of methoxy groups -OCH3 is 1. The minimum atomic E-state index is -1.09. The summed E-state index contributed by atoms with van der Waals surface area (Å²) in [7, 11) is 1.44. The Bertz CT molecular complexity index is 883. The van der Waals surface area contributed by atoms with Crippen molar-refractivity contribution < 1.29 is 14.6 Å². The number of benzene rings is 2. The molecule has 29 heavy (non-hydrogen) atoms. The molecular weight excluding hydrogens is 432 g/mol. The lowest BCUT2D eigenvalue weighted by Crippen LogP contribution is -2.47. The van der Waals surface area contributed by atoms with E-state index in [-0.39, 0.29) is 6.03 Å². The van der Waals surface area contributed by atoms with Crippen molar-refractivity contribution in [2.24, 2.45) is 0 Å². The van der Waals surface area contributed by atoms with Crippen molar-refractivity contribution >= 4 is 27.6 Å². The van der Waals surface area contributed by atoms with Crippen LogP contribution in [0.3, 0.4) is 0 Å². The van der Waals surface area contributed by atoms with Crippen LogP contribution >= 0.6 is 15.9 Å². The number of amides is 2. The zero-order valence-electron chi connectivity index (χ0n) is 16.6. The van der Waals surface area contributed by atoms with Gasteiger partial charge in [0, 0.05) is 17.3 Å². The monoisotopic (exact) mass is 458 g/mol. The van der Waals surface area contributed by atoms with E-state index in [1.165, 1.54) is 29.4 Å². The Labute approximate surface area is 180 Å². The molecule has 0 saturated heterocycles. The molecule has 2 unspecified atom stereocenters. The summed E-state index contributed by atoms with van der Waals surface area (Å²) in [6.07, 6.45) is 5.87. The highest BCUT2D eigenvalue weighted by molar-refractivity contribution is 9.10. The number of hydrogen-bond donors (Lipinski definition) is 3. The minimum Gasteiger partial charge on any atom is -0.366 e. The summed E-state index contributed by atoms with van der Waals surface area (Å²) >= 11 is 3.46. The standard InChI is InChI=1S/C23H27BrN2O3/c1-29-22(27)20(12-14-5-2-8-17(24)11-14)25-23(28)26-21-18-9-3-6-15(18)13-16-7-4-10-19(16)21/h2,5,8,11,13,20,22,27H,3-4,6-7,9-10,12H2,1H3,(H2,25,26,28). The van der Waals surface area contributed by atoms with Crippen molar-refractivity contribution in [2.75, 3.05) is 12.4 Å². The van der Waals surface area contributed by atoms with Crippen LogP contribution in [0.4, 0.5) is 10.5 Å². The van der Waals surface area contributed by atoms with Gasteiger partial charge in [0.2, 0.25) is 0 Å². The number of aryl methyl sites for hydroxylation is 2. The van der Waals surface area contributed by atoms with Crippen molar-refractivity contribution in [2.45, 2.75) is 57.3 Å². The third kappa shape index (κ3) is 4.49. The average molecular weight is 459 g/mol. The zero-order chi connectivity index (χ0) is 20.4. The number of aliphatic hydroxyl groups is 1. The first-order valence-electron chi connectivity index (χ1n) is 10.2. The molecule has 5 nitrogen and oxygen atoms in total. The van der Waals surface area contributed by atoms with E-state index in [1.807, 2.05) is 24.3 Å². The number of carbonyl (C=O) groups is 1. The molecule has 0 aromatic heterocycles.